The lowest BCUT2D eigenvalue weighted by molar-refractivity contribution is -0.122. The lowest BCUT2D eigenvalue weighted by atomic mass is 10.1. The molecule has 0 unspecified atom stereocenters. The van der Waals surface area contributed by atoms with Crippen LogP contribution < -0.4 is 16.0 Å². The Morgan fingerprint density at radius 1 is 1.65 bits per heavy atom. The summed E-state index contributed by atoms with van der Waals surface area (Å²) < 4.78 is 13.1. The van der Waals surface area contributed by atoms with E-state index in [0.717, 1.165) is 6.42 Å². The molecule has 5 nitrogen and oxygen atoms in total. The van der Waals surface area contributed by atoms with Crippen molar-refractivity contribution in [3.8, 4) is 6.07 Å². The van der Waals surface area contributed by atoms with Crippen molar-refractivity contribution in [3.05, 3.63) is 29.6 Å². The number of carbonyl (C=O) groups is 1. The Labute approximate surface area is 117 Å². The van der Waals surface area contributed by atoms with E-state index in [9.17, 15) is 9.18 Å². The quantitative estimate of drug-likeness (QED) is 0.853. The molecule has 6 heteroatoms. The average molecular weight is 276 g/mol. The number of benzene rings is 1. The number of halogens is 1. The van der Waals surface area contributed by atoms with E-state index in [1.54, 1.807) is 13.0 Å². The maximum Gasteiger partial charge on any atom is 0.236 e. The molecule has 1 saturated heterocycles. The monoisotopic (exact) mass is 276 g/mol. The van der Waals surface area contributed by atoms with E-state index >= 15 is 0 Å². The zero-order chi connectivity index (χ0) is 14.7. The van der Waals surface area contributed by atoms with Crippen LogP contribution in [-0.4, -0.2) is 31.1 Å². The second-order valence-corrected chi connectivity index (χ2v) is 5.00. The van der Waals surface area contributed by atoms with Gasteiger partial charge in [-0.1, -0.05) is 0 Å². The molecule has 1 aromatic carbocycles. The predicted octanol–water partition coefficient (Wildman–Crippen LogP) is 0.739. The van der Waals surface area contributed by atoms with Crippen molar-refractivity contribution < 1.29 is 9.18 Å². The van der Waals surface area contributed by atoms with Gasteiger partial charge in [-0.05, 0) is 31.5 Å². The van der Waals surface area contributed by atoms with Gasteiger partial charge in [0.15, 0.2) is 0 Å². The molecule has 1 heterocycles. The van der Waals surface area contributed by atoms with Gasteiger partial charge in [0, 0.05) is 19.1 Å². The van der Waals surface area contributed by atoms with Crippen LogP contribution in [0.4, 0.5) is 10.1 Å². The molecule has 3 N–H and O–H groups in total. The number of carbonyl (C=O) groups excluding carboxylic acids is 1. The van der Waals surface area contributed by atoms with Gasteiger partial charge in [0.05, 0.1) is 17.3 Å². The van der Waals surface area contributed by atoms with Crippen LogP contribution in [0.3, 0.4) is 0 Å². The number of nitrogens with zero attached hydrogens (tertiary/aromatic N) is 2. The molecule has 1 aliphatic heterocycles. The van der Waals surface area contributed by atoms with Crippen LogP contribution in [0.5, 0.6) is 0 Å². The normalized spacial score (nSPS) is 19.5. The minimum Gasteiger partial charge on any atom is -0.368 e. The largest absolute Gasteiger partial charge is 0.368 e. The number of amides is 1. The summed E-state index contributed by atoms with van der Waals surface area (Å²) >= 11 is 0. The number of hydrogen-bond donors (Lipinski definition) is 2. The van der Waals surface area contributed by atoms with Crippen LogP contribution in [0.15, 0.2) is 18.2 Å². The van der Waals surface area contributed by atoms with Crippen molar-refractivity contribution in [2.24, 2.45) is 5.73 Å². The summed E-state index contributed by atoms with van der Waals surface area (Å²) in [5.41, 5.74) is 6.52. The summed E-state index contributed by atoms with van der Waals surface area (Å²) in [6, 6.07) is 5.63. The molecular weight excluding hydrogens is 259 g/mol. The van der Waals surface area contributed by atoms with Gasteiger partial charge in [-0.2, -0.15) is 5.26 Å². The molecule has 1 fully saturated rings. The van der Waals surface area contributed by atoms with E-state index in [1.807, 2.05) is 11.0 Å². The molecule has 1 aliphatic rings. The Kier molecular flexibility index (Phi) is 4.20. The van der Waals surface area contributed by atoms with Gasteiger partial charge in [0.25, 0.3) is 0 Å². The average Bonchev–Trinajstić information content (AvgIpc) is 2.86. The summed E-state index contributed by atoms with van der Waals surface area (Å²) in [7, 11) is 0. The van der Waals surface area contributed by atoms with E-state index in [4.69, 9.17) is 11.0 Å². The number of nitrogens with two attached hydrogens (primary N) is 1. The van der Waals surface area contributed by atoms with Gasteiger partial charge in [0.2, 0.25) is 5.91 Å². The van der Waals surface area contributed by atoms with Crippen LogP contribution in [0.25, 0.3) is 0 Å². The molecule has 0 spiro atoms. The topological polar surface area (TPSA) is 82.2 Å². The molecule has 0 saturated carbocycles. The molecule has 0 aliphatic carbocycles. The summed E-state index contributed by atoms with van der Waals surface area (Å²) in [5.74, 6) is -0.609. The minimum absolute atomic E-state index is 0.00472. The molecule has 1 amide bonds. The van der Waals surface area contributed by atoms with Gasteiger partial charge in [-0.3, -0.25) is 4.79 Å². The number of nitrogens with one attached hydrogen (secondary N) is 1. The maximum absolute atomic E-state index is 13.1. The Hall–Kier alpha value is -2.13. The molecule has 106 valence electrons. The molecule has 1 aromatic rings. The minimum atomic E-state index is -0.537. The SMILES string of the molecule is C[C@H](N)C(=O)N[C@H]1CCN(c2ccc(F)cc2C#N)C1. The van der Waals surface area contributed by atoms with Gasteiger partial charge < -0.3 is 16.0 Å². The number of nitriles is 1. The van der Waals surface area contributed by atoms with Crippen molar-refractivity contribution in [1.29, 1.82) is 5.26 Å². The molecular formula is C14H17FN4O. The highest BCUT2D eigenvalue weighted by molar-refractivity contribution is 5.81. The van der Waals surface area contributed by atoms with E-state index in [2.05, 4.69) is 5.32 Å². The Morgan fingerprint density at radius 3 is 3.05 bits per heavy atom. The summed E-state index contributed by atoms with van der Waals surface area (Å²) in [6.45, 7) is 2.94. The number of anilines is 1. The molecule has 0 aromatic heterocycles. The fourth-order valence-corrected chi connectivity index (χ4v) is 2.30. The first-order valence-corrected chi connectivity index (χ1v) is 6.52. The standard InChI is InChI=1S/C14H17FN4O/c1-9(17)14(20)18-12-4-5-19(8-12)13-3-2-11(15)6-10(13)7-16/h2-3,6,9,12H,4-5,8,17H2,1H3,(H,18,20)/t9-,12-/m0/s1. The van der Waals surface area contributed by atoms with E-state index in [0.29, 0.717) is 24.3 Å². The Balaban J connectivity index is 2.07. The van der Waals surface area contributed by atoms with Crippen molar-refractivity contribution in [1.82, 2.24) is 5.32 Å². The Morgan fingerprint density at radius 2 is 2.40 bits per heavy atom. The molecule has 20 heavy (non-hydrogen) atoms. The third kappa shape index (κ3) is 3.06. The molecule has 0 radical (unpaired) electrons. The second kappa shape index (κ2) is 5.88. The number of hydrogen-bond acceptors (Lipinski definition) is 4. The second-order valence-electron chi connectivity index (χ2n) is 5.00. The van der Waals surface area contributed by atoms with Crippen molar-refractivity contribution >= 4 is 11.6 Å². The third-order valence-corrected chi connectivity index (χ3v) is 3.37. The smallest absolute Gasteiger partial charge is 0.236 e. The lowest BCUT2D eigenvalue weighted by Gasteiger charge is -2.20. The third-order valence-electron chi connectivity index (χ3n) is 3.37. The van der Waals surface area contributed by atoms with E-state index in [-0.39, 0.29) is 11.9 Å². The highest BCUT2D eigenvalue weighted by atomic mass is 19.1. The fourth-order valence-electron chi connectivity index (χ4n) is 2.30. The van der Waals surface area contributed by atoms with Crippen LogP contribution in [0.2, 0.25) is 0 Å². The number of rotatable bonds is 3. The first-order chi connectivity index (χ1) is 9.51. The zero-order valence-corrected chi connectivity index (χ0v) is 11.3. The highest BCUT2D eigenvalue weighted by Crippen LogP contribution is 2.25. The highest BCUT2D eigenvalue weighted by Gasteiger charge is 2.26. The van der Waals surface area contributed by atoms with Crippen LogP contribution in [-0.2, 0) is 4.79 Å². The van der Waals surface area contributed by atoms with Crippen molar-refractivity contribution in [2.45, 2.75) is 25.4 Å². The molecule has 0 bridgehead atoms. The maximum atomic E-state index is 13.1. The van der Waals surface area contributed by atoms with Crippen LogP contribution in [0.1, 0.15) is 18.9 Å². The molecule has 2 rings (SSSR count). The van der Waals surface area contributed by atoms with Crippen LogP contribution in [0, 0.1) is 17.1 Å². The first kappa shape index (κ1) is 14.3. The van der Waals surface area contributed by atoms with Crippen molar-refractivity contribution in [2.75, 3.05) is 18.0 Å². The Bertz CT molecular complexity index is 553. The summed E-state index contributed by atoms with van der Waals surface area (Å²) in [5, 5.41) is 11.9. The van der Waals surface area contributed by atoms with Gasteiger partial charge in [0.1, 0.15) is 11.9 Å². The first-order valence-electron chi connectivity index (χ1n) is 6.52. The van der Waals surface area contributed by atoms with Crippen molar-refractivity contribution in [3.63, 3.8) is 0 Å². The van der Waals surface area contributed by atoms with Crippen LogP contribution >= 0.6 is 0 Å². The zero-order valence-electron chi connectivity index (χ0n) is 11.3. The molecule has 2 atom stereocenters. The van der Waals surface area contributed by atoms with Gasteiger partial charge in [-0.15, -0.1) is 0 Å². The van der Waals surface area contributed by atoms with E-state index in [1.165, 1.54) is 12.1 Å². The van der Waals surface area contributed by atoms with Gasteiger partial charge in [-0.25, -0.2) is 4.39 Å². The van der Waals surface area contributed by atoms with E-state index < -0.39 is 11.9 Å². The lowest BCUT2D eigenvalue weighted by Crippen LogP contribution is -2.44. The van der Waals surface area contributed by atoms with Gasteiger partial charge >= 0.3 is 0 Å². The summed E-state index contributed by atoms with van der Waals surface area (Å²) in [4.78, 5) is 13.5. The predicted molar refractivity (Wildman–Crippen MR) is 73.5 cm³/mol. The summed E-state index contributed by atoms with van der Waals surface area (Å²) in [6.07, 6.45) is 0.778. The fraction of sp³-hybridized carbons (Fsp3) is 0.429.